The van der Waals surface area contributed by atoms with Crippen LogP contribution in [-0.4, -0.2) is 12.8 Å². The van der Waals surface area contributed by atoms with Crippen molar-refractivity contribution in [2.45, 2.75) is 39.5 Å². The van der Waals surface area contributed by atoms with Crippen LogP contribution in [0.2, 0.25) is 0 Å². The van der Waals surface area contributed by atoms with Gasteiger partial charge in [-0.05, 0) is 37.8 Å². The monoisotopic (exact) mass is 153 g/mol. The Hall–Kier alpha value is -0.330. The Morgan fingerprint density at radius 1 is 1.36 bits per heavy atom. The highest BCUT2D eigenvalue weighted by Crippen LogP contribution is 2.36. The van der Waals surface area contributed by atoms with Gasteiger partial charge in [0.1, 0.15) is 0 Å². The van der Waals surface area contributed by atoms with Crippen LogP contribution in [0.4, 0.5) is 0 Å². The van der Waals surface area contributed by atoms with Crippen LogP contribution in [0, 0.1) is 11.8 Å². The molecular weight excluding hydrogens is 134 g/mol. The van der Waals surface area contributed by atoms with E-state index in [1.165, 1.54) is 25.7 Å². The Morgan fingerprint density at radius 2 is 2.09 bits per heavy atom. The van der Waals surface area contributed by atoms with Crippen molar-refractivity contribution < 1.29 is 0 Å². The summed E-state index contributed by atoms with van der Waals surface area (Å²) in [6, 6.07) is 0. The topological polar surface area (TPSA) is 12.4 Å². The Labute approximate surface area is 69.9 Å². The summed E-state index contributed by atoms with van der Waals surface area (Å²) in [5.74, 6) is 1.96. The van der Waals surface area contributed by atoms with Crippen LogP contribution in [0.15, 0.2) is 4.99 Å². The maximum Gasteiger partial charge on any atom is 0.0413 e. The van der Waals surface area contributed by atoms with Gasteiger partial charge in [0.15, 0.2) is 0 Å². The largest absolute Gasteiger partial charge is 0.298 e. The Bertz CT molecular complexity index is 123. The van der Waals surface area contributed by atoms with E-state index in [0.717, 1.165) is 18.4 Å². The molecule has 0 radical (unpaired) electrons. The molecule has 0 amide bonds. The maximum absolute atomic E-state index is 4.26. The second-order valence-electron chi connectivity index (χ2n) is 3.62. The molecule has 1 aliphatic rings. The van der Waals surface area contributed by atoms with E-state index in [9.17, 15) is 0 Å². The third-order valence-corrected chi connectivity index (χ3v) is 2.58. The van der Waals surface area contributed by atoms with Gasteiger partial charge in [0, 0.05) is 6.54 Å². The molecule has 0 bridgehead atoms. The minimum absolute atomic E-state index is 0.919. The summed E-state index contributed by atoms with van der Waals surface area (Å²) >= 11 is 0. The van der Waals surface area contributed by atoms with Crippen molar-refractivity contribution in [3.8, 4) is 0 Å². The van der Waals surface area contributed by atoms with Gasteiger partial charge in [0.25, 0.3) is 0 Å². The molecule has 0 N–H and O–H groups in total. The molecule has 0 aromatic rings. The van der Waals surface area contributed by atoms with Gasteiger partial charge in [0.05, 0.1) is 0 Å². The number of aliphatic imine (C=N–C) groups is 1. The van der Waals surface area contributed by atoms with Crippen molar-refractivity contribution >= 4 is 6.21 Å². The smallest absolute Gasteiger partial charge is 0.0413 e. The van der Waals surface area contributed by atoms with Crippen LogP contribution >= 0.6 is 0 Å². The first kappa shape index (κ1) is 8.76. The zero-order valence-corrected chi connectivity index (χ0v) is 7.71. The fourth-order valence-corrected chi connectivity index (χ4v) is 1.92. The molecule has 0 spiro atoms. The average molecular weight is 153 g/mol. The van der Waals surface area contributed by atoms with Crippen molar-refractivity contribution in [2.24, 2.45) is 16.8 Å². The number of hydrogen-bond acceptors (Lipinski definition) is 1. The van der Waals surface area contributed by atoms with Gasteiger partial charge < -0.3 is 0 Å². The summed E-state index contributed by atoms with van der Waals surface area (Å²) in [5.41, 5.74) is 0. The van der Waals surface area contributed by atoms with E-state index in [0.29, 0.717) is 0 Å². The molecule has 1 heteroatoms. The van der Waals surface area contributed by atoms with Gasteiger partial charge >= 0.3 is 0 Å². The summed E-state index contributed by atoms with van der Waals surface area (Å²) < 4.78 is 0. The van der Waals surface area contributed by atoms with Crippen LogP contribution in [-0.2, 0) is 0 Å². The normalized spacial score (nSPS) is 30.7. The zero-order chi connectivity index (χ0) is 8.10. The summed E-state index contributed by atoms with van der Waals surface area (Å²) in [4.78, 5) is 4.26. The van der Waals surface area contributed by atoms with E-state index in [2.05, 4.69) is 11.9 Å². The molecule has 0 aromatic heterocycles. The van der Waals surface area contributed by atoms with Crippen molar-refractivity contribution in [1.82, 2.24) is 0 Å². The van der Waals surface area contributed by atoms with Crippen molar-refractivity contribution in [3.05, 3.63) is 0 Å². The lowest BCUT2D eigenvalue weighted by Crippen LogP contribution is -2.25. The molecule has 0 saturated heterocycles. The lowest BCUT2D eigenvalue weighted by Gasteiger charge is -2.34. The molecule has 1 rings (SSSR count). The molecule has 1 nitrogen and oxygen atoms in total. The van der Waals surface area contributed by atoms with Crippen LogP contribution in [0.25, 0.3) is 0 Å². The molecular formula is C10H19N. The molecule has 0 aliphatic heterocycles. The van der Waals surface area contributed by atoms with E-state index in [1.54, 1.807) is 0 Å². The molecule has 1 aliphatic carbocycles. The van der Waals surface area contributed by atoms with Gasteiger partial charge in [-0.15, -0.1) is 0 Å². The molecule has 0 aromatic carbocycles. The first-order chi connectivity index (χ1) is 5.36. The SMILES string of the molecule is C/C=N\C[C@H]1C[C@@H](CCC)C1. The first-order valence-corrected chi connectivity index (χ1v) is 4.81. The van der Waals surface area contributed by atoms with E-state index in [-0.39, 0.29) is 0 Å². The minimum atomic E-state index is 0.919. The van der Waals surface area contributed by atoms with Gasteiger partial charge in [-0.2, -0.15) is 0 Å². The highest BCUT2D eigenvalue weighted by Gasteiger charge is 2.27. The predicted octanol–water partition coefficient (Wildman–Crippen LogP) is 2.90. The van der Waals surface area contributed by atoms with Crippen molar-refractivity contribution in [3.63, 3.8) is 0 Å². The molecule has 1 fully saturated rings. The summed E-state index contributed by atoms with van der Waals surface area (Å²) in [5, 5.41) is 0. The fourth-order valence-electron chi connectivity index (χ4n) is 1.92. The molecule has 0 unspecified atom stereocenters. The van der Waals surface area contributed by atoms with Crippen LogP contribution in [0.1, 0.15) is 39.5 Å². The maximum atomic E-state index is 4.26. The Balaban J connectivity index is 2.00. The highest BCUT2D eigenvalue weighted by atomic mass is 14.7. The lowest BCUT2D eigenvalue weighted by atomic mass is 9.73. The molecule has 0 heterocycles. The Morgan fingerprint density at radius 3 is 2.64 bits per heavy atom. The van der Waals surface area contributed by atoms with Gasteiger partial charge in [0.2, 0.25) is 0 Å². The van der Waals surface area contributed by atoms with Gasteiger partial charge in [-0.3, -0.25) is 4.99 Å². The van der Waals surface area contributed by atoms with E-state index < -0.39 is 0 Å². The van der Waals surface area contributed by atoms with Crippen LogP contribution < -0.4 is 0 Å². The predicted molar refractivity (Wildman–Crippen MR) is 50.2 cm³/mol. The molecule has 11 heavy (non-hydrogen) atoms. The van der Waals surface area contributed by atoms with Crippen LogP contribution in [0.5, 0.6) is 0 Å². The molecule has 0 atom stereocenters. The van der Waals surface area contributed by atoms with E-state index in [4.69, 9.17) is 0 Å². The lowest BCUT2D eigenvalue weighted by molar-refractivity contribution is 0.188. The average Bonchev–Trinajstić information content (AvgIpc) is 1.94. The highest BCUT2D eigenvalue weighted by molar-refractivity contribution is 5.53. The van der Waals surface area contributed by atoms with Gasteiger partial charge in [-0.1, -0.05) is 19.8 Å². The summed E-state index contributed by atoms with van der Waals surface area (Å²) in [7, 11) is 0. The van der Waals surface area contributed by atoms with Gasteiger partial charge in [-0.25, -0.2) is 0 Å². The van der Waals surface area contributed by atoms with E-state index >= 15 is 0 Å². The fraction of sp³-hybridized carbons (Fsp3) is 0.900. The van der Waals surface area contributed by atoms with E-state index in [1.807, 2.05) is 13.1 Å². The third kappa shape index (κ3) is 2.64. The van der Waals surface area contributed by atoms with Crippen molar-refractivity contribution in [1.29, 1.82) is 0 Å². The van der Waals surface area contributed by atoms with Crippen molar-refractivity contribution in [2.75, 3.05) is 6.54 Å². The number of nitrogens with zero attached hydrogens (tertiary/aromatic N) is 1. The first-order valence-electron chi connectivity index (χ1n) is 4.81. The number of hydrogen-bond donors (Lipinski definition) is 0. The Kier molecular flexibility index (Phi) is 3.61. The third-order valence-electron chi connectivity index (χ3n) is 2.58. The molecule has 1 saturated carbocycles. The minimum Gasteiger partial charge on any atom is -0.298 e. The standard InChI is InChI=1S/C10H19N/c1-3-5-9-6-10(7-9)8-11-4-2/h4,9-10H,3,5-8H2,1-2H3/b11-4-/t9-,10+. The second kappa shape index (κ2) is 4.53. The second-order valence-corrected chi connectivity index (χ2v) is 3.62. The quantitative estimate of drug-likeness (QED) is 0.551. The zero-order valence-electron chi connectivity index (χ0n) is 7.71. The number of rotatable bonds is 4. The van der Waals surface area contributed by atoms with Crippen LogP contribution in [0.3, 0.4) is 0 Å². The molecule has 64 valence electrons. The summed E-state index contributed by atoms with van der Waals surface area (Å²) in [6.45, 7) is 5.36. The summed E-state index contributed by atoms with van der Waals surface area (Å²) in [6.07, 6.45) is 7.59.